The number of nitrogens with one attached hydrogen (secondary N) is 3. The molecule has 5 rings (SSSR count). The summed E-state index contributed by atoms with van der Waals surface area (Å²) in [4.78, 5) is 45.1. The van der Waals surface area contributed by atoms with Crippen LogP contribution in [0.3, 0.4) is 0 Å². The molecule has 0 saturated heterocycles. The van der Waals surface area contributed by atoms with Gasteiger partial charge in [-0.15, -0.1) is 23.1 Å². The molecular formula is C36H30Cl2N4O3S2. The average Bonchev–Trinajstić information content (AvgIpc) is 3.51. The molecule has 1 unspecified atom stereocenters. The van der Waals surface area contributed by atoms with E-state index in [1.807, 2.05) is 55.6 Å². The molecule has 238 valence electrons. The number of thioether (sulfide) groups is 1. The number of aromatic nitrogens is 1. The Labute approximate surface area is 291 Å². The molecule has 11 heteroatoms. The standard InChI is InChI=1S/C36H30Cl2N4O3S2/c1-3-32(35(45)42-36-41-31(21-46-36)28-16-15-25(37)19-29(28)38)47-27-14-8-13-26(20-27)39-34(44)30(18-23-10-7-9-22(2)17-23)40-33(43)24-11-5-4-6-12-24/h4-21,32H,3H2,1-2H3,(H,39,44)(H,40,43)(H,41,42,45)/b30-18+. The normalized spacial score (nSPS) is 11.9. The summed E-state index contributed by atoms with van der Waals surface area (Å²) in [5.41, 5.74) is 4.21. The van der Waals surface area contributed by atoms with Crippen molar-refractivity contribution in [3.05, 3.63) is 135 Å². The van der Waals surface area contributed by atoms with Gasteiger partial charge in [0.05, 0.1) is 16.0 Å². The van der Waals surface area contributed by atoms with Gasteiger partial charge in [0, 0.05) is 32.1 Å². The van der Waals surface area contributed by atoms with Crippen molar-refractivity contribution >= 4 is 80.9 Å². The molecular weight excluding hydrogens is 671 g/mol. The molecule has 5 aromatic rings. The predicted octanol–water partition coefficient (Wildman–Crippen LogP) is 9.34. The third kappa shape index (κ3) is 9.33. The van der Waals surface area contributed by atoms with Gasteiger partial charge in [0.25, 0.3) is 11.8 Å². The van der Waals surface area contributed by atoms with Gasteiger partial charge in [-0.1, -0.05) is 84.2 Å². The lowest BCUT2D eigenvalue weighted by Gasteiger charge is -2.15. The van der Waals surface area contributed by atoms with Crippen LogP contribution in [0.4, 0.5) is 10.8 Å². The van der Waals surface area contributed by atoms with Crippen LogP contribution in [0.15, 0.2) is 113 Å². The van der Waals surface area contributed by atoms with Crippen LogP contribution in [-0.2, 0) is 9.59 Å². The number of anilines is 2. The summed E-state index contributed by atoms with van der Waals surface area (Å²) in [5, 5.41) is 11.5. The van der Waals surface area contributed by atoms with Crippen molar-refractivity contribution in [2.75, 3.05) is 10.6 Å². The highest BCUT2D eigenvalue weighted by molar-refractivity contribution is 8.00. The van der Waals surface area contributed by atoms with Gasteiger partial charge < -0.3 is 16.0 Å². The molecule has 0 aliphatic rings. The van der Waals surface area contributed by atoms with Gasteiger partial charge in [-0.05, 0) is 73.5 Å². The molecule has 3 N–H and O–H groups in total. The topological polar surface area (TPSA) is 100 Å². The van der Waals surface area contributed by atoms with Crippen LogP contribution in [0.2, 0.25) is 10.0 Å². The molecule has 4 aromatic carbocycles. The van der Waals surface area contributed by atoms with E-state index < -0.39 is 17.1 Å². The Bertz CT molecular complexity index is 1950. The van der Waals surface area contributed by atoms with E-state index in [4.69, 9.17) is 23.2 Å². The molecule has 1 aromatic heterocycles. The number of rotatable bonds is 11. The Morgan fingerprint density at radius 3 is 2.45 bits per heavy atom. The number of hydrogen-bond acceptors (Lipinski definition) is 6. The van der Waals surface area contributed by atoms with Gasteiger partial charge in [-0.25, -0.2) is 4.98 Å². The van der Waals surface area contributed by atoms with Crippen LogP contribution in [0.25, 0.3) is 17.3 Å². The van der Waals surface area contributed by atoms with Crippen molar-refractivity contribution in [2.45, 2.75) is 30.4 Å². The van der Waals surface area contributed by atoms with E-state index in [0.29, 0.717) is 38.5 Å². The van der Waals surface area contributed by atoms with Gasteiger partial charge in [0.1, 0.15) is 5.70 Å². The van der Waals surface area contributed by atoms with Crippen LogP contribution in [-0.4, -0.2) is 28.0 Å². The predicted molar refractivity (Wildman–Crippen MR) is 194 cm³/mol. The minimum absolute atomic E-state index is 0.0935. The second kappa shape index (κ2) is 15.9. The van der Waals surface area contributed by atoms with E-state index in [-0.39, 0.29) is 11.6 Å². The number of amides is 3. The van der Waals surface area contributed by atoms with Crippen molar-refractivity contribution < 1.29 is 14.4 Å². The smallest absolute Gasteiger partial charge is 0.272 e. The number of aryl methyl sites for hydroxylation is 1. The van der Waals surface area contributed by atoms with E-state index in [0.717, 1.165) is 21.6 Å². The molecule has 0 spiro atoms. The number of hydrogen-bond donors (Lipinski definition) is 3. The van der Waals surface area contributed by atoms with Crippen LogP contribution in [0.1, 0.15) is 34.8 Å². The third-order valence-corrected chi connectivity index (χ3v) is 9.52. The number of benzene rings is 4. The van der Waals surface area contributed by atoms with Crippen molar-refractivity contribution in [1.82, 2.24) is 10.3 Å². The maximum atomic E-state index is 13.5. The number of nitrogens with zero attached hydrogens (tertiary/aromatic N) is 1. The second-order valence-corrected chi connectivity index (χ2v) is 13.4. The van der Waals surface area contributed by atoms with E-state index in [2.05, 4.69) is 20.9 Å². The van der Waals surface area contributed by atoms with Crippen LogP contribution in [0.5, 0.6) is 0 Å². The summed E-state index contributed by atoms with van der Waals surface area (Å²) in [6.45, 7) is 3.89. The molecule has 0 bridgehead atoms. The molecule has 47 heavy (non-hydrogen) atoms. The van der Waals surface area contributed by atoms with Gasteiger partial charge in [-0.2, -0.15) is 0 Å². The fraction of sp³-hybridized carbons (Fsp3) is 0.111. The molecule has 0 saturated carbocycles. The highest BCUT2D eigenvalue weighted by atomic mass is 35.5. The number of carbonyl (C=O) groups excluding carboxylic acids is 3. The summed E-state index contributed by atoms with van der Waals surface area (Å²) < 4.78 is 0. The SMILES string of the molecule is CCC(Sc1cccc(NC(=O)/C(=C\c2cccc(C)c2)NC(=O)c2ccccc2)c1)C(=O)Nc1nc(-c2ccc(Cl)cc2Cl)cs1. The Balaban J connectivity index is 1.28. The Morgan fingerprint density at radius 1 is 0.915 bits per heavy atom. The van der Waals surface area contributed by atoms with Crippen molar-refractivity contribution in [2.24, 2.45) is 0 Å². The molecule has 7 nitrogen and oxygen atoms in total. The minimum Gasteiger partial charge on any atom is -0.321 e. The molecule has 0 aliphatic heterocycles. The average molecular weight is 702 g/mol. The maximum Gasteiger partial charge on any atom is 0.272 e. The zero-order chi connectivity index (χ0) is 33.3. The highest BCUT2D eigenvalue weighted by Crippen LogP contribution is 2.33. The van der Waals surface area contributed by atoms with Gasteiger partial charge in [0.2, 0.25) is 5.91 Å². The molecule has 1 atom stereocenters. The zero-order valence-electron chi connectivity index (χ0n) is 25.4. The van der Waals surface area contributed by atoms with Crippen molar-refractivity contribution in [1.29, 1.82) is 0 Å². The summed E-state index contributed by atoms with van der Waals surface area (Å²) in [5.74, 6) is -1.07. The first-order chi connectivity index (χ1) is 22.7. The first-order valence-electron chi connectivity index (χ1n) is 14.6. The van der Waals surface area contributed by atoms with Crippen LogP contribution in [0, 0.1) is 6.92 Å². The molecule has 0 radical (unpaired) electrons. The number of carbonyl (C=O) groups is 3. The number of thiazole rings is 1. The summed E-state index contributed by atoms with van der Waals surface area (Å²) in [6, 6.07) is 28.8. The minimum atomic E-state index is -0.483. The third-order valence-electron chi connectivity index (χ3n) is 6.86. The number of halogens is 2. The highest BCUT2D eigenvalue weighted by Gasteiger charge is 2.21. The Hall–Kier alpha value is -4.41. The quantitative estimate of drug-likeness (QED) is 0.0942. The van der Waals surface area contributed by atoms with Crippen LogP contribution < -0.4 is 16.0 Å². The molecule has 0 aliphatic carbocycles. The molecule has 1 heterocycles. The monoisotopic (exact) mass is 700 g/mol. The van der Waals surface area contributed by atoms with E-state index in [1.54, 1.807) is 66.7 Å². The first-order valence-corrected chi connectivity index (χ1v) is 17.1. The largest absolute Gasteiger partial charge is 0.321 e. The van der Waals surface area contributed by atoms with Crippen molar-refractivity contribution in [3.63, 3.8) is 0 Å². The fourth-order valence-electron chi connectivity index (χ4n) is 4.54. The first kappa shape index (κ1) is 33.9. The molecule has 0 fully saturated rings. The van der Waals surface area contributed by atoms with Gasteiger partial charge >= 0.3 is 0 Å². The van der Waals surface area contributed by atoms with Crippen molar-refractivity contribution in [3.8, 4) is 11.3 Å². The van der Waals surface area contributed by atoms with E-state index >= 15 is 0 Å². The summed E-state index contributed by atoms with van der Waals surface area (Å²) >= 11 is 15.0. The van der Waals surface area contributed by atoms with E-state index in [9.17, 15) is 14.4 Å². The lowest BCUT2D eigenvalue weighted by atomic mass is 10.1. The second-order valence-electron chi connectivity index (χ2n) is 10.4. The summed E-state index contributed by atoms with van der Waals surface area (Å²) in [7, 11) is 0. The van der Waals surface area contributed by atoms with E-state index in [1.165, 1.54) is 23.1 Å². The Morgan fingerprint density at radius 2 is 1.70 bits per heavy atom. The van der Waals surface area contributed by atoms with Crippen LogP contribution >= 0.6 is 46.3 Å². The lowest BCUT2D eigenvalue weighted by molar-refractivity contribution is -0.116. The Kier molecular flexibility index (Phi) is 11.5. The maximum absolute atomic E-state index is 13.5. The van der Waals surface area contributed by atoms with Gasteiger partial charge in [0.15, 0.2) is 5.13 Å². The molecule has 3 amide bonds. The summed E-state index contributed by atoms with van der Waals surface area (Å²) in [6.07, 6.45) is 2.20. The lowest BCUT2D eigenvalue weighted by Crippen LogP contribution is -2.30. The zero-order valence-corrected chi connectivity index (χ0v) is 28.6. The van der Waals surface area contributed by atoms with Gasteiger partial charge in [-0.3, -0.25) is 14.4 Å². The fourth-order valence-corrected chi connectivity index (χ4v) is 6.77.